The van der Waals surface area contributed by atoms with Gasteiger partial charge in [-0.3, -0.25) is 14.2 Å². The number of Topliss-reactive ketones (excluding diaryl/α,β-unsaturated/α-hetero) is 1. The highest BCUT2D eigenvalue weighted by Crippen LogP contribution is 2.30. The van der Waals surface area contributed by atoms with Gasteiger partial charge in [0.2, 0.25) is 0 Å². The molecule has 8 heteroatoms. The lowest BCUT2D eigenvalue weighted by molar-refractivity contribution is -0.121. The molecule has 26 heavy (non-hydrogen) atoms. The van der Waals surface area contributed by atoms with Crippen molar-refractivity contribution in [3.05, 3.63) is 33.3 Å². The van der Waals surface area contributed by atoms with Crippen molar-refractivity contribution in [1.82, 2.24) is 14.9 Å². The average Bonchev–Trinajstić information content (AvgIpc) is 2.61. The number of nitrogens with zero attached hydrogens (tertiary/aromatic N) is 2. The van der Waals surface area contributed by atoms with Gasteiger partial charge in [0, 0.05) is 21.8 Å². The molecule has 6 nitrogen and oxygen atoms in total. The van der Waals surface area contributed by atoms with Crippen LogP contribution in [0.5, 0.6) is 0 Å². The Balaban J connectivity index is 1.81. The van der Waals surface area contributed by atoms with E-state index in [4.69, 9.17) is 0 Å². The average molecular weight is 440 g/mol. The Kier molecular flexibility index (Phi) is 6.50. The number of hydrogen-bond donors (Lipinski definition) is 2. The number of rotatable bonds is 6. The first-order valence-electron chi connectivity index (χ1n) is 8.74. The molecular weight excluding hydrogens is 418 g/mol. The smallest absolute Gasteiger partial charge is 0.261 e. The van der Waals surface area contributed by atoms with Crippen molar-refractivity contribution in [3.8, 4) is 0 Å². The maximum absolute atomic E-state index is 12.8. The molecule has 1 saturated heterocycles. The lowest BCUT2D eigenvalue weighted by atomic mass is 9.97. The second-order valence-corrected chi connectivity index (χ2v) is 8.58. The molecule has 1 aliphatic rings. The molecule has 2 atom stereocenters. The number of aliphatic hydroxyl groups is 1. The van der Waals surface area contributed by atoms with Gasteiger partial charge in [0.05, 0.1) is 29.9 Å². The second kappa shape index (κ2) is 8.65. The number of thioether (sulfide) groups is 1. The standard InChI is InChI=1S/C18H22BrN3O3S/c1-2-26-17-7-12-14(8-13(17)19)21-10-22(18(12)25)9-11(23)6-15-16(24)4-3-5-20-15/h7-8,10,15-16,20,24H,2-6,9H2,1H3. The van der Waals surface area contributed by atoms with Crippen molar-refractivity contribution < 1.29 is 9.90 Å². The summed E-state index contributed by atoms with van der Waals surface area (Å²) >= 11 is 5.15. The fourth-order valence-electron chi connectivity index (χ4n) is 3.18. The largest absolute Gasteiger partial charge is 0.391 e. The van der Waals surface area contributed by atoms with E-state index >= 15 is 0 Å². The summed E-state index contributed by atoms with van der Waals surface area (Å²) in [4.78, 5) is 30.5. The van der Waals surface area contributed by atoms with Gasteiger partial charge in [0.25, 0.3) is 5.56 Å². The van der Waals surface area contributed by atoms with E-state index in [2.05, 4.69) is 33.2 Å². The van der Waals surface area contributed by atoms with Crippen LogP contribution in [-0.4, -0.2) is 44.9 Å². The van der Waals surface area contributed by atoms with Gasteiger partial charge in [-0.25, -0.2) is 4.98 Å². The normalized spacial score (nSPS) is 20.4. The van der Waals surface area contributed by atoms with Crippen LogP contribution in [0.3, 0.4) is 0 Å². The topological polar surface area (TPSA) is 84.2 Å². The van der Waals surface area contributed by atoms with Gasteiger partial charge in [-0.1, -0.05) is 6.92 Å². The Morgan fingerprint density at radius 1 is 1.50 bits per heavy atom. The van der Waals surface area contributed by atoms with E-state index < -0.39 is 6.10 Å². The molecule has 1 fully saturated rings. The summed E-state index contributed by atoms with van der Waals surface area (Å²) in [5.74, 6) is 0.806. The van der Waals surface area contributed by atoms with Crippen LogP contribution in [0, 0.1) is 0 Å². The lowest BCUT2D eigenvalue weighted by Gasteiger charge is -2.28. The van der Waals surface area contributed by atoms with Crippen molar-refractivity contribution in [2.75, 3.05) is 12.3 Å². The molecule has 0 bridgehead atoms. The van der Waals surface area contributed by atoms with Crippen molar-refractivity contribution in [2.24, 2.45) is 0 Å². The SMILES string of the molecule is CCSc1cc2c(=O)n(CC(=O)CC3NCCCC3O)cnc2cc1Br. The lowest BCUT2D eigenvalue weighted by Crippen LogP contribution is -2.46. The van der Waals surface area contributed by atoms with Gasteiger partial charge < -0.3 is 10.4 Å². The predicted octanol–water partition coefficient (Wildman–Crippen LogP) is 2.34. The minimum absolute atomic E-state index is 0.0288. The third kappa shape index (κ3) is 4.36. The van der Waals surface area contributed by atoms with Crippen LogP contribution in [0.15, 0.2) is 32.6 Å². The summed E-state index contributed by atoms with van der Waals surface area (Å²) < 4.78 is 2.27. The number of piperidine rings is 1. The number of nitrogens with one attached hydrogen (secondary N) is 1. The van der Waals surface area contributed by atoms with Crippen molar-refractivity contribution in [3.63, 3.8) is 0 Å². The van der Waals surface area contributed by atoms with E-state index in [1.165, 1.54) is 10.9 Å². The minimum Gasteiger partial charge on any atom is -0.391 e. The van der Waals surface area contributed by atoms with Crippen LogP contribution in [0.25, 0.3) is 10.9 Å². The van der Waals surface area contributed by atoms with Gasteiger partial charge in [-0.2, -0.15) is 0 Å². The summed E-state index contributed by atoms with van der Waals surface area (Å²) in [5, 5.41) is 13.7. The minimum atomic E-state index is -0.509. The molecule has 140 valence electrons. The molecule has 1 aromatic carbocycles. The molecule has 1 aromatic heterocycles. The number of halogens is 1. The van der Waals surface area contributed by atoms with E-state index in [1.807, 2.05) is 12.1 Å². The molecule has 2 aromatic rings. The summed E-state index contributed by atoms with van der Waals surface area (Å²) in [6.45, 7) is 2.83. The van der Waals surface area contributed by atoms with Crippen LogP contribution in [0.2, 0.25) is 0 Å². The zero-order valence-corrected chi connectivity index (χ0v) is 17.0. The number of aromatic nitrogens is 2. The maximum Gasteiger partial charge on any atom is 0.261 e. The third-order valence-electron chi connectivity index (χ3n) is 4.52. The predicted molar refractivity (Wildman–Crippen MR) is 107 cm³/mol. The summed E-state index contributed by atoms with van der Waals surface area (Å²) in [5.41, 5.74) is 0.390. The number of aliphatic hydroxyl groups excluding tert-OH is 1. The van der Waals surface area contributed by atoms with Crippen molar-refractivity contribution in [2.45, 2.75) is 49.8 Å². The second-order valence-electron chi connectivity index (χ2n) is 6.42. The highest BCUT2D eigenvalue weighted by molar-refractivity contribution is 9.10. The molecule has 0 saturated carbocycles. The molecule has 2 unspecified atom stereocenters. The Morgan fingerprint density at radius 3 is 3.04 bits per heavy atom. The zero-order chi connectivity index (χ0) is 18.7. The van der Waals surface area contributed by atoms with Crippen LogP contribution in [-0.2, 0) is 11.3 Å². The van der Waals surface area contributed by atoms with Gasteiger partial charge in [0.15, 0.2) is 5.78 Å². The van der Waals surface area contributed by atoms with E-state index in [0.29, 0.717) is 17.3 Å². The van der Waals surface area contributed by atoms with Crippen LogP contribution < -0.4 is 10.9 Å². The van der Waals surface area contributed by atoms with Crippen molar-refractivity contribution in [1.29, 1.82) is 0 Å². The molecular formula is C18H22BrN3O3S. The number of fused-ring (bicyclic) bond motifs is 1. The first-order valence-corrected chi connectivity index (χ1v) is 10.5. The molecule has 0 radical (unpaired) electrons. The van der Waals surface area contributed by atoms with E-state index in [9.17, 15) is 14.7 Å². The first-order chi connectivity index (χ1) is 12.5. The Hall–Kier alpha value is -1.22. The van der Waals surface area contributed by atoms with Gasteiger partial charge in [-0.15, -0.1) is 11.8 Å². The van der Waals surface area contributed by atoms with Crippen LogP contribution >= 0.6 is 27.7 Å². The molecule has 1 aliphatic heterocycles. The van der Waals surface area contributed by atoms with E-state index in [1.54, 1.807) is 11.8 Å². The quantitative estimate of drug-likeness (QED) is 0.671. The molecule has 2 N–H and O–H groups in total. The Labute approximate surface area is 164 Å². The highest BCUT2D eigenvalue weighted by atomic mass is 79.9. The van der Waals surface area contributed by atoms with Crippen molar-refractivity contribution >= 4 is 44.4 Å². The monoisotopic (exact) mass is 439 g/mol. The van der Waals surface area contributed by atoms with Crippen LogP contribution in [0.1, 0.15) is 26.2 Å². The van der Waals surface area contributed by atoms with E-state index in [0.717, 1.165) is 28.1 Å². The number of hydrogen-bond acceptors (Lipinski definition) is 6. The van der Waals surface area contributed by atoms with Gasteiger partial charge in [0.1, 0.15) is 0 Å². The fraction of sp³-hybridized carbons (Fsp3) is 0.500. The zero-order valence-electron chi connectivity index (χ0n) is 14.6. The third-order valence-corrected chi connectivity index (χ3v) is 6.38. The number of ketones is 1. The number of benzene rings is 1. The van der Waals surface area contributed by atoms with E-state index in [-0.39, 0.29) is 30.3 Å². The molecule has 0 aliphatic carbocycles. The summed E-state index contributed by atoms with van der Waals surface area (Å²) in [6, 6.07) is 3.43. The molecule has 3 rings (SSSR count). The summed E-state index contributed by atoms with van der Waals surface area (Å²) in [6.07, 6.45) is 2.74. The van der Waals surface area contributed by atoms with Crippen LogP contribution in [0.4, 0.5) is 0 Å². The first kappa shape index (κ1) is 19.5. The summed E-state index contributed by atoms with van der Waals surface area (Å²) in [7, 11) is 0. The van der Waals surface area contributed by atoms with Gasteiger partial charge >= 0.3 is 0 Å². The molecule has 0 spiro atoms. The maximum atomic E-state index is 12.8. The highest BCUT2D eigenvalue weighted by Gasteiger charge is 2.25. The molecule has 0 amide bonds. The Bertz CT molecular complexity index is 871. The Morgan fingerprint density at radius 2 is 2.31 bits per heavy atom. The number of carbonyl (C=O) groups is 1. The molecule has 2 heterocycles. The van der Waals surface area contributed by atoms with Gasteiger partial charge in [-0.05, 0) is 53.2 Å². The number of carbonyl (C=O) groups excluding carboxylic acids is 1. The fourth-order valence-corrected chi connectivity index (χ4v) is 4.57.